The van der Waals surface area contributed by atoms with Crippen LogP contribution in [-0.4, -0.2) is 19.2 Å². The highest BCUT2D eigenvalue weighted by Gasteiger charge is 2.70. The predicted octanol–water partition coefficient (Wildman–Crippen LogP) is 2.81. The van der Waals surface area contributed by atoms with E-state index in [9.17, 15) is 13.7 Å². The molecular formula is C17H15ClN2O2S. The lowest BCUT2D eigenvalue weighted by Gasteiger charge is -2.04. The molecule has 23 heavy (non-hydrogen) atoms. The average Bonchev–Trinajstić information content (AvgIpc) is 3.16. The Morgan fingerprint density at radius 3 is 2.22 bits per heavy atom. The van der Waals surface area contributed by atoms with Crippen molar-refractivity contribution in [1.82, 2.24) is 0 Å². The van der Waals surface area contributed by atoms with E-state index in [-0.39, 0.29) is 4.90 Å². The van der Waals surface area contributed by atoms with E-state index >= 15 is 0 Å². The molecule has 0 radical (unpaired) electrons. The number of nitriles is 1. The number of nitrogens with two attached hydrogens (primary N) is 1. The van der Waals surface area contributed by atoms with E-state index in [0.717, 1.165) is 11.1 Å². The van der Waals surface area contributed by atoms with Gasteiger partial charge in [0.2, 0.25) is 0 Å². The first-order valence-corrected chi connectivity index (χ1v) is 8.99. The molecule has 1 aliphatic rings. The third-order valence-electron chi connectivity index (χ3n) is 4.29. The van der Waals surface area contributed by atoms with Gasteiger partial charge in [0.25, 0.3) is 0 Å². The lowest BCUT2D eigenvalue weighted by molar-refractivity contribution is 0.592. The third kappa shape index (κ3) is 2.53. The van der Waals surface area contributed by atoms with Crippen LogP contribution < -0.4 is 5.73 Å². The Balaban J connectivity index is 2.03. The lowest BCUT2D eigenvalue weighted by Crippen LogP contribution is -2.29. The number of hydrogen-bond acceptors (Lipinski definition) is 4. The molecule has 2 N–H and O–H groups in total. The van der Waals surface area contributed by atoms with Crippen LogP contribution in [0, 0.1) is 18.3 Å². The molecular weight excluding hydrogens is 332 g/mol. The van der Waals surface area contributed by atoms with Crippen molar-refractivity contribution in [3.63, 3.8) is 0 Å². The largest absolute Gasteiger partial charge is 0.312 e. The van der Waals surface area contributed by atoms with E-state index in [2.05, 4.69) is 0 Å². The molecule has 1 fully saturated rings. The minimum Gasteiger partial charge on any atom is -0.312 e. The average molecular weight is 347 g/mol. The van der Waals surface area contributed by atoms with Gasteiger partial charge < -0.3 is 5.73 Å². The van der Waals surface area contributed by atoms with Crippen molar-refractivity contribution < 1.29 is 8.42 Å². The topological polar surface area (TPSA) is 83.9 Å². The van der Waals surface area contributed by atoms with Crippen LogP contribution in [0.2, 0.25) is 5.02 Å². The highest BCUT2D eigenvalue weighted by atomic mass is 35.5. The Bertz CT molecular complexity index is 886. The molecule has 0 heterocycles. The molecule has 0 amide bonds. The Morgan fingerprint density at radius 1 is 1.13 bits per heavy atom. The second-order valence-corrected chi connectivity index (χ2v) is 8.36. The quantitative estimate of drug-likeness (QED) is 0.926. The van der Waals surface area contributed by atoms with Crippen LogP contribution in [0.1, 0.15) is 17.0 Å². The van der Waals surface area contributed by atoms with Gasteiger partial charge in [-0.25, -0.2) is 8.42 Å². The zero-order valence-electron chi connectivity index (χ0n) is 12.4. The van der Waals surface area contributed by atoms with Crippen molar-refractivity contribution in [3.8, 4) is 6.07 Å². The number of hydrogen-bond donors (Lipinski definition) is 1. The van der Waals surface area contributed by atoms with Gasteiger partial charge >= 0.3 is 0 Å². The summed E-state index contributed by atoms with van der Waals surface area (Å²) in [5, 5.41) is 8.91. The molecule has 3 rings (SSSR count). The van der Waals surface area contributed by atoms with Gasteiger partial charge in [0.05, 0.1) is 11.0 Å². The van der Waals surface area contributed by atoms with Gasteiger partial charge in [-0.15, -0.1) is 0 Å². The fourth-order valence-corrected chi connectivity index (χ4v) is 5.25. The van der Waals surface area contributed by atoms with Gasteiger partial charge in [-0.1, -0.05) is 41.4 Å². The summed E-state index contributed by atoms with van der Waals surface area (Å²) >= 11 is 5.81. The highest BCUT2D eigenvalue weighted by Crippen LogP contribution is 2.55. The molecule has 3 atom stereocenters. The number of halogens is 1. The lowest BCUT2D eigenvalue weighted by atomic mass is 10.1. The van der Waals surface area contributed by atoms with E-state index < -0.39 is 26.5 Å². The maximum absolute atomic E-state index is 12.9. The van der Waals surface area contributed by atoms with Crippen molar-refractivity contribution in [1.29, 1.82) is 5.26 Å². The zero-order chi connectivity index (χ0) is 16.8. The van der Waals surface area contributed by atoms with E-state index in [1.165, 1.54) is 24.3 Å². The fraction of sp³-hybridized carbons (Fsp3) is 0.235. The van der Waals surface area contributed by atoms with Gasteiger partial charge in [0.1, 0.15) is 10.8 Å². The van der Waals surface area contributed by atoms with Gasteiger partial charge in [-0.2, -0.15) is 5.26 Å². The van der Waals surface area contributed by atoms with E-state index in [1.54, 1.807) is 0 Å². The Labute approximate surface area is 140 Å². The smallest absolute Gasteiger partial charge is 0.184 e. The second-order valence-electron chi connectivity index (χ2n) is 5.85. The molecule has 1 saturated carbocycles. The van der Waals surface area contributed by atoms with Gasteiger partial charge in [-0.05, 0) is 36.8 Å². The first-order chi connectivity index (χ1) is 10.8. The zero-order valence-corrected chi connectivity index (χ0v) is 14.0. The summed E-state index contributed by atoms with van der Waals surface area (Å²) in [5.41, 5.74) is 6.51. The molecule has 4 nitrogen and oxygen atoms in total. The normalized spacial score (nSPS) is 26.5. The van der Waals surface area contributed by atoms with E-state index in [1.807, 2.05) is 37.3 Å². The van der Waals surface area contributed by atoms with Crippen molar-refractivity contribution in [3.05, 3.63) is 64.7 Å². The molecule has 2 aromatic rings. The van der Waals surface area contributed by atoms with Crippen LogP contribution in [0.3, 0.4) is 0 Å². The molecule has 0 spiro atoms. The van der Waals surface area contributed by atoms with Crippen molar-refractivity contribution in [2.45, 2.75) is 28.5 Å². The summed E-state index contributed by atoms with van der Waals surface area (Å²) in [7, 11) is -3.72. The molecule has 0 bridgehead atoms. The summed E-state index contributed by atoms with van der Waals surface area (Å²) in [6.07, 6.45) is 0. The monoisotopic (exact) mass is 346 g/mol. The van der Waals surface area contributed by atoms with E-state index in [4.69, 9.17) is 17.3 Å². The summed E-state index contributed by atoms with van der Waals surface area (Å²) in [6.45, 7) is 1.94. The van der Waals surface area contributed by atoms with Gasteiger partial charge in [0.15, 0.2) is 9.84 Å². The molecule has 2 aromatic carbocycles. The first-order valence-electron chi connectivity index (χ1n) is 7.07. The number of sulfone groups is 1. The number of nitrogens with zero attached hydrogens (tertiary/aromatic N) is 1. The summed E-state index contributed by atoms with van der Waals surface area (Å²) < 4.78 is 25.7. The van der Waals surface area contributed by atoms with Crippen LogP contribution in [-0.2, 0) is 9.84 Å². The van der Waals surface area contributed by atoms with Crippen LogP contribution in [0.15, 0.2) is 53.4 Å². The molecule has 118 valence electrons. The first kappa shape index (κ1) is 16.0. The minimum absolute atomic E-state index is 0.131. The minimum atomic E-state index is -3.72. The summed E-state index contributed by atoms with van der Waals surface area (Å²) in [4.78, 5) is 0.131. The van der Waals surface area contributed by atoms with Gasteiger partial charge in [0, 0.05) is 10.9 Å². The molecule has 0 aliphatic heterocycles. The Hall–Kier alpha value is -1.87. The standard InChI is InChI=1S/C17H15ClN2O2S/c1-11-2-4-12(5-3-11)15-16(17(15,20)10-19)23(21,22)14-8-6-13(18)7-9-14/h2-9,15-16H,20H2,1H3/t15-,16+,17+/m1/s1. The molecule has 0 unspecified atom stereocenters. The molecule has 0 saturated heterocycles. The summed E-state index contributed by atoms with van der Waals surface area (Å²) in [5.74, 6) is -0.534. The predicted molar refractivity (Wildman–Crippen MR) is 88.9 cm³/mol. The van der Waals surface area contributed by atoms with Crippen molar-refractivity contribution >= 4 is 21.4 Å². The van der Waals surface area contributed by atoms with Crippen molar-refractivity contribution in [2.75, 3.05) is 0 Å². The maximum Gasteiger partial charge on any atom is 0.184 e. The van der Waals surface area contributed by atoms with Crippen LogP contribution in [0.5, 0.6) is 0 Å². The Kier molecular flexibility index (Phi) is 3.72. The molecule has 6 heteroatoms. The number of rotatable bonds is 3. The van der Waals surface area contributed by atoms with Crippen LogP contribution in [0.25, 0.3) is 0 Å². The van der Waals surface area contributed by atoms with Crippen LogP contribution in [0.4, 0.5) is 0 Å². The van der Waals surface area contributed by atoms with Crippen LogP contribution >= 0.6 is 11.6 Å². The molecule has 0 aromatic heterocycles. The molecule has 1 aliphatic carbocycles. The van der Waals surface area contributed by atoms with E-state index in [0.29, 0.717) is 5.02 Å². The summed E-state index contributed by atoms with van der Waals surface area (Å²) in [6, 6.07) is 15.3. The number of benzene rings is 2. The number of aryl methyl sites for hydroxylation is 1. The fourth-order valence-electron chi connectivity index (χ4n) is 2.94. The maximum atomic E-state index is 12.9. The Morgan fingerprint density at radius 2 is 1.70 bits per heavy atom. The third-order valence-corrected chi connectivity index (χ3v) is 6.80. The second kappa shape index (κ2) is 5.34. The van der Waals surface area contributed by atoms with Gasteiger partial charge in [-0.3, -0.25) is 0 Å². The van der Waals surface area contributed by atoms with Crippen molar-refractivity contribution in [2.24, 2.45) is 5.73 Å². The SMILES string of the molecule is Cc1ccc([C@@H]2[C@H](S(=O)(=O)c3ccc(Cl)cc3)[C@]2(N)C#N)cc1. The highest BCUT2D eigenvalue weighted by molar-refractivity contribution is 7.92.